The summed E-state index contributed by atoms with van der Waals surface area (Å²) in [6.07, 6.45) is 0. The predicted octanol–water partition coefficient (Wildman–Crippen LogP) is 4.98. The number of amides is 1. The van der Waals surface area contributed by atoms with E-state index in [0.29, 0.717) is 29.8 Å². The summed E-state index contributed by atoms with van der Waals surface area (Å²) in [7, 11) is 2.10. The second-order valence-electron chi connectivity index (χ2n) is 9.58. The Labute approximate surface area is 222 Å². The monoisotopic (exact) mass is 526 g/mol. The van der Waals surface area contributed by atoms with Crippen molar-refractivity contribution in [2.75, 3.05) is 59.5 Å². The predicted molar refractivity (Wildman–Crippen MR) is 145 cm³/mol. The van der Waals surface area contributed by atoms with Crippen LogP contribution in [0, 0.1) is 6.92 Å². The van der Waals surface area contributed by atoms with Gasteiger partial charge in [-0.15, -0.1) is 0 Å². The molecule has 0 unspecified atom stereocenters. The van der Waals surface area contributed by atoms with Gasteiger partial charge < -0.3 is 19.1 Å². The van der Waals surface area contributed by atoms with Crippen molar-refractivity contribution in [3.8, 4) is 16.8 Å². The van der Waals surface area contributed by atoms with Crippen LogP contribution in [0.3, 0.4) is 0 Å². The van der Waals surface area contributed by atoms with Crippen molar-refractivity contribution in [3.63, 3.8) is 0 Å². The van der Waals surface area contributed by atoms with Crippen LogP contribution in [-0.2, 0) is 11.3 Å². The van der Waals surface area contributed by atoms with E-state index in [1.807, 2.05) is 53.4 Å². The molecule has 2 aromatic carbocycles. The SMILES string of the molecule is Cc1c(C(=O)N2CCN(C)CC2)c(-c2ccc(Cl)cc2)c(CN2CCOCC2)n1-c1ccc(Cl)cc1. The minimum absolute atomic E-state index is 0.0847. The van der Waals surface area contributed by atoms with Crippen LogP contribution in [0.4, 0.5) is 0 Å². The maximum absolute atomic E-state index is 14.1. The van der Waals surface area contributed by atoms with Gasteiger partial charge in [-0.05, 0) is 55.9 Å². The summed E-state index contributed by atoms with van der Waals surface area (Å²) in [6.45, 7) is 9.09. The second kappa shape index (κ2) is 11.0. The number of aromatic nitrogens is 1. The molecule has 6 nitrogen and oxygen atoms in total. The van der Waals surface area contributed by atoms with E-state index < -0.39 is 0 Å². The normalized spacial score (nSPS) is 17.5. The second-order valence-corrected chi connectivity index (χ2v) is 10.5. The highest BCUT2D eigenvalue weighted by Crippen LogP contribution is 2.37. The molecule has 36 heavy (non-hydrogen) atoms. The van der Waals surface area contributed by atoms with Crippen LogP contribution in [-0.4, -0.2) is 84.7 Å². The highest BCUT2D eigenvalue weighted by molar-refractivity contribution is 6.31. The lowest BCUT2D eigenvalue weighted by molar-refractivity contribution is 0.0335. The van der Waals surface area contributed by atoms with Crippen LogP contribution < -0.4 is 0 Å². The molecule has 1 aromatic heterocycles. The first-order valence-electron chi connectivity index (χ1n) is 12.5. The number of halogens is 2. The third-order valence-electron chi connectivity index (χ3n) is 7.20. The van der Waals surface area contributed by atoms with Gasteiger partial charge in [0.15, 0.2) is 0 Å². The van der Waals surface area contributed by atoms with E-state index in [9.17, 15) is 4.79 Å². The number of carbonyl (C=O) groups excluding carboxylic acids is 1. The Balaban J connectivity index is 1.70. The first-order valence-corrected chi connectivity index (χ1v) is 13.2. The summed E-state index contributed by atoms with van der Waals surface area (Å²) in [5, 5.41) is 1.36. The minimum Gasteiger partial charge on any atom is -0.379 e. The Morgan fingerprint density at radius 1 is 0.861 bits per heavy atom. The van der Waals surface area contributed by atoms with Crippen LogP contribution in [0.25, 0.3) is 16.8 Å². The van der Waals surface area contributed by atoms with Crippen LogP contribution >= 0.6 is 23.2 Å². The molecular weight excluding hydrogens is 495 g/mol. The van der Waals surface area contributed by atoms with Crippen molar-refractivity contribution in [1.29, 1.82) is 0 Å². The van der Waals surface area contributed by atoms with E-state index in [-0.39, 0.29) is 5.91 Å². The van der Waals surface area contributed by atoms with E-state index in [2.05, 4.69) is 28.3 Å². The molecule has 0 aliphatic carbocycles. The minimum atomic E-state index is 0.0847. The molecule has 5 rings (SSSR count). The van der Waals surface area contributed by atoms with E-state index in [1.54, 1.807) is 0 Å². The quantitative estimate of drug-likeness (QED) is 0.470. The zero-order valence-electron chi connectivity index (χ0n) is 20.8. The highest BCUT2D eigenvalue weighted by atomic mass is 35.5. The van der Waals surface area contributed by atoms with Crippen molar-refractivity contribution in [2.24, 2.45) is 0 Å². The third kappa shape index (κ3) is 5.20. The van der Waals surface area contributed by atoms with Gasteiger partial charge in [0.2, 0.25) is 0 Å². The number of benzene rings is 2. The number of likely N-dealkylation sites (N-methyl/N-ethyl adjacent to an activating group) is 1. The number of hydrogen-bond donors (Lipinski definition) is 0. The summed E-state index contributed by atoms with van der Waals surface area (Å²) in [6, 6.07) is 15.7. The molecule has 1 amide bonds. The third-order valence-corrected chi connectivity index (χ3v) is 7.71. The lowest BCUT2D eigenvalue weighted by Gasteiger charge is -2.32. The Hall–Kier alpha value is -2.35. The Bertz CT molecular complexity index is 1210. The zero-order chi connectivity index (χ0) is 25.2. The van der Waals surface area contributed by atoms with Crippen molar-refractivity contribution < 1.29 is 9.53 Å². The molecule has 3 aromatic rings. The van der Waals surface area contributed by atoms with Gasteiger partial charge in [0, 0.05) is 78.5 Å². The topological polar surface area (TPSA) is 41.0 Å². The summed E-state index contributed by atoms with van der Waals surface area (Å²) >= 11 is 12.5. The average Bonchev–Trinajstić information content (AvgIpc) is 3.17. The number of morpholine rings is 1. The number of hydrogen-bond acceptors (Lipinski definition) is 4. The van der Waals surface area contributed by atoms with E-state index in [0.717, 1.165) is 73.0 Å². The number of piperazine rings is 1. The Kier molecular flexibility index (Phi) is 7.70. The number of nitrogens with zero attached hydrogens (tertiary/aromatic N) is 4. The Morgan fingerprint density at radius 3 is 2.06 bits per heavy atom. The van der Waals surface area contributed by atoms with Crippen molar-refractivity contribution >= 4 is 29.1 Å². The van der Waals surface area contributed by atoms with Crippen LogP contribution in [0.2, 0.25) is 10.0 Å². The standard InChI is InChI=1S/C28H32Cl2N4O2/c1-20-26(28(35)33-13-11-31(2)12-14-33)27(21-3-5-22(29)6-4-21)25(19-32-15-17-36-18-16-32)34(20)24-9-7-23(30)8-10-24/h3-10H,11-19H2,1-2H3. The molecule has 2 aliphatic heterocycles. The molecule has 3 heterocycles. The first kappa shape index (κ1) is 25.3. The van der Waals surface area contributed by atoms with Crippen molar-refractivity contribution in [3.05, 3.63) is 75.5 Å². The average molecular weight is 527 g/mol. The van der Waals surface area contributed by atoms with Gasteiger partial charge in [-0.3, -0.25) is 9.69 Å². The largest absolute Gasteiger partial charge is 0.379 e. The fourth-order valence-electron chi connectivity index (χ4n) is 5.17. The van der Waals surface area contributed by atoms with Gasteiger partial charge in [-0.25, -0.2) is 0 Å². The van der Waals surface area contributed by atoms with Gasteiger partial charge in [-0.2, -0.15) is 0 Å². The van der Waals surface area contributed by atoms with Crippen LogP contribution in [0.5, 0.6) is 0 Å². The van der Waals surface area contributed by atoms with Crippen LogP contribution in [0.15, 0.2) is 48.5 Å². The molecular formula is C28H32Cl2N4O2. The highest BCUT2D eigenvalue weighted by Gasteiger charge is 2.31. The molecule has 8 heteroatoms. The van der Waals surface area contributed by atoms with E-state index in [4.69, 9.17) is 27.9 Å². The summed E-state index contributed by atoms with van der Waals surface area (Å²) in [5.41, 5.74) is 5.77. The number of ether oxygens (including phenoxy) is 1. The number of rotatable bonds is 5. The van der Waals surface area contributed by atoms with Gasteiger partial charge in [-0.1, -0.05) is 35.3 Å². The zero-order valence-corrected chi connectivity index (χ0v) is 22.4. The maximum atomic E-state index is 14.1. The molecule has 0 spiro atoms. The van der Waals surface area contributed by atoms with Gasteiger partial charge in [0.05, 0.1) is 18.8 Å². The number of carbonyl (C=O) groups is 1. The first-order chi connectivity index (χ1) is 17.4. The fraction of sp³-hybridized carbons (Fsp3) is 0.393. The van der Waals surface area contributed by atoms with Crippen molar-refractivity contribution in [1.82, 2.24) is 19.3 Å². The molecule has 0 saturated carbocycles. The van der Waals surface area contributed by atoms with E-state index >= 15 is 0 Å². The van der Waals surface area contributed by atoms with Gasteiger partial charge >= 0.3 is 0 Å². The molecule has 2 saturated heterocycles. The smallest absolute Gasteiger partial charge is 0.256 e. The summed E-state index contributed by atoms with van der Waals surface area (Å²) in [4.78, 5) is 20.8. The molecule has 2 aliphatic rings. The molecule has 0 atom stereocenters. The lowest BCUT2D eigenvalue weighted by atomic mass is 9.98. The Morgan fingerprint density at radius 2 is 1.44 bits per heavy atom. The molecule has 190 valence electrons. The van der Waals surface area contributed by atoms with Crippen LogP contribution in [0.1, 0.15) is 21.7 Å². The van der Waals surface area contributed by atoms with Crippen molar-refractivity contribution in [2.45, 2.75) is 13.5 Å². The van der Waals surface area contributed by atoms with Gasteiger partial charge in [0.25, 0.3) is 5.91 Å². The van der Waals surface area contributed by atoms with Gasteiger partial charge in [0.1, 0.15) is 0 Å². The lowest BCUT2D eigenvalue weighted by Crippen LogP contribution is -2.47. The fourth-order valence-corrected chi connectivity index (χ4v) is 5.42. The molecule has 0 bridgehead atoms. The summed E-state index contributed by atoms with van der Waals surface area (Å²) in [5.74, 6) is 0.0847. The van der Waals surface area contributed by atoms with E-state index in [1.165, 1.54) is 0 Å². The molecule has 2 fully saturated rings. The molecule has 0 N–H and O–H groups in total. The maximum Gasteiger partial charge on any atom is 0.256 e. The molecule has 0 radical (unpaired) electrons. The summed E-state index contributed by atoms with van der Waals surface area (Å²) < 4.78 is 7.84.